The van der Waals surface area contributed by atoms with Crippen LogP contribution in [-0.4, -0.2) is 38.3 Å². The summed E-state index contributed by atoms with van der Waals surface area (Å²) in [5, 5.41) is 27.4. The fourth-order valence-corrected chi connectivity index (χ4v) is 1.54. The van der Waals surface area contributed by atoms with Crippen LogP contribution in [-0.2, 0) is 14.4 Å². The molecule has 0 radical (unpaired) electrons. The van der Waals surface area contributed by atoms with Crippen LogP contribution in [0.15, 0.2) is 24.5 Å². The zero-order valence-corrected chi connectivity index (χ0v) is 10.5. The zero-order valence-electron chi connectivity index (χ0n) is 10.5. The van der Waals surface area contributed by atoms with Gasteiger partial charge in [0.1, 0.15) is 0 Å². The van der Waals surface area contributed by atoms with E-state index in [4.69, 9.17) is 10.2 Å². The number of rotatable bonds is 7. The summed E-state index contributed by atoms with van der Waals surface area (Å²) in [6, 6.07) is 2.76. The lowest BCUT2D eigenvalue weighted by Gasteiger charge is -2.17. The molecule has 0 aromatic carbocycles. The molecule has 0 spiro atoms. The summed E-state index contributed by atoms with van der Waals surface area (Å²) in [5.74, 6) is -4.40. The van der Waals surface area contributed by atoms with Crippen LogP contribution in [0.1, 0.15) is 19.3 Å². The molecule has 1 aromatic heterocycles. The number of hydroxylamine groups is 1. The van der Waals surface area contributed by atoms with Crippen LogP contribution in [0.25, 0.3) is 0 Å². The quantitative estimate of drug-likeness (QED) is 0.497. The van der Waals surface area contributed by atoms with Gasteiger partial charge in [-0.3, -0.25) is 24.6 Å². The van der Waals surface area contributed by atoms with E-state index in [-0.39, 0.29) is 18.5 Å². The van der Waals surface area contributed by atoms with E-state index in [1.54, 1.807) is 0 Å². The Kier molecular flexibility index (Phi) is 5.60. The molecular weight excluding hydrogens is 268 g/mol. The van der Waals surface area contributed by atoms with Gasteiger partial charge < -0.3 is 10.2 Å². The van der Waals surface area contributed by atoms with Crippen molar-refractivity contribution in [2.45, 2.75) is 19.3 Å². The first-order chi connectivity index (χ1) is 9.41. The maximum absolute atomic E-state index is 11.7. The maximum atomic E-state index is 11.7. The van der Waals surface area contributed by atoms with Gasteiger partial charge in [-0.25, -0.2) is 0 Å². The number of nitrogens with zero attached hydrogens (tertiary/aromatic N) is 2. The highest BCUT2D eigenvalue weighted by Gasteiger charge is 2.25. The number of carboxylic acids is 2. The lowest BCUT2D eigenvalue weighted by molar-refractivity contribution is -0.145. The molecule has 8 nitrogen and oxygen atoms in total. The summed E-state index contributed by atoms with van der Waals surface area (Å²) >= 11 is 0. The molecule has 1 aromatic rings. The Labute approximate surface area is 114 Å². The minimum atomic E-state index is -1.28. The molecule has 0 aliphatic rings. The van der Waals surface area contributed by atoms with E-state index in [0.717, 1.165) is 0 Å². The summed E-state index contributed by atoms with van der Waals surface area (Å²) in [6.45, 7) is 0. The van der Waals surface area contributed by atoms with Gasteiger partial charge in [0.2, 0.25) is 0 Å². The molecule has 3 N–H and O–H groups in total. The molecule has 0 saturated heterocycles. The smallest absolute Gasteiger partial charge is 0.307 e. The van der Waals surface area contributed by atoms with Crippen LogP contribution >= 0.6 is 0 Å². The van der Waals surface area contributed by atoms with E-state index >= 15 is 0 Å². The van der Waals surface area contributed by atoms with Crippen molar-refractivity contribution >= 4 is 23.5 Å². The number of aromatic nitrogens is 1. The van der Waals surface area contributed by atoms with Crippen LogP contribution < -0.4 is 5.06 Å². The molecule has 1 atom stereocenters. The van der Waals surface area contributed by atoms with Gasteiger partial charge in [0.25, 0.3) is 5.91 Å². The first-order valence-electron chi connectivity index (χ1n) is 5.78. The maximum Gasteiger partial charge on any atom is 0.307 e. The molecular formula is C12H14N2O6. The van der Waals surface area contributed by atoms with Gasteiger partial charge in [0.05, 0.1) is 11.6 Å². The highest BCUT2D eigenvalue weighted by atomic mass is 16.5. The molecule has 0 aliphatic carbocycles. The normalized spacial score (nSPS) is 11.7. The molecule has 0 saturated carbocycles. The van der Waals surface area contributed by atoms with E-state index in [0.29, 0.717) is 5.06 Å². The van der Waals surface area contributed by atoms with E-state index in [1.807, 2.05) is 0 Å². The second kappa shape index (κ2) is 7.19. The largest absolute Gasteiger partial charge is 0.481 e. The summed E-state index contributed by atoms with van der Waals surface area (Å²) < 4.78 is 0. The number of carboxylic acid groups (broad SMARTS) is 2. The van der Waals surface area contributed by atoms with Crippen LogP contribution in [0.2, 0.25) is 0 Å². The standard InChI is InChI=1S/C12H14N2O6/c15-10(14(20)9-3-5-13-6-4-9)7-8(12(18)19)1-2-11(16)17/h3-6,8,20H,1-2,7H2,(H,16,17)(H,18,19). The molecule has 1 amide bonds. The van der Waals surface area contributed by atoms with Crippen molar-refractivity contribution in [3.8, 4) is 0 Å². The number of carbonyl (C=O) groups excluding carboxylic acids is 1. The van der Waals surface area contributed by atoms with Crippen molar-refractivity contribution in [3.05, 3.63) is 24.5 Å². The number of pyridine rings is 1. The predicted molar refractivity (Wildman–Crippen MR) is 66.1 cm³/mol. The number of hydrogen-bond acceptors (Lipinski definition) is 5. The fraction of sp³-hybridized carbons (Fsp3) is 0.333. The van der Waals surface area contributed by atoms with Gasteiger partial charge in [0.15, 0.2) is 0 Å². The molecule has 108 valence electrons. The minimum absolute atomic E-state index is 0.160. The lowest BCUT2D eigenvalue weighted by Crippen LogP contribution is -2.31. The fourth-order valence-electron chi connectivity index (χ4n) is 1.54. The molecule has 1 rings (SSSR count). The topological polar surface area (TPSA) is 128 Å². The predicted octanol–water partition coefficient (Wildman–Crippen LogP) is 0.759. The highest BCUT2D eigenvalue weighted by molar-refractivity contribution is 5.93. The lowest BCUT2D eigenvalue weighted by atomic mass is 9.99. The Balaban J connectivity index is 2.66. The molecule has 0 bridgehead atoms. The van der Waals surface area contributed by atoms with E-state index < -0.39 is 30.2 Å². The van der Waals surface area contributed by atoms with Crippen molar-refractivity contribution in [1.29, 1.82) is 0 Å². The summed E-state index contributed by atoms with van der Waals surface area (Å²) in [4.78, 5) is 36.8. The number of anilines is 1. The monoisotopic (exact) mass is 282 g/mol. The first kappa shape index (κ1) is 15.6. The van der Waals surface area contributed by atoms with Gasteiger partial charge in [-0.15, -0.1) is 0 Å². The van der Waals surface area contributed by atoms with Gasteiger partial charge in [0, 0.05) is 25.2 Å². The first-order valence-corrected chi connectivity index (χ1v) is 5.78. The van der Waals surface area contributed by atoms with Crippen LogP contribution in [0.3, 0.4) is 0 Å². The third-order valence-corrected chi connectivity index (χ3v) is 2.62. The van der Waals surface area contributed by atoms with Gasteiger partial charge in [-0.05, 0) is 18.6 Å². The molecule has 0 aliphatic heterocycles. The Morgan fingerprint density at radius 1 is 1.20 bits per heavy atom. The highest BCUT2D eigenvalue weighted by Crippen LogP contribution is 2.17. The SMILES string of the molecule is O=C(O)CCC(CC(=O)N(O)c1ccncc1)C(=O)O. The number of amides is 1. The molecule has 8 heteroatoms. The molecule has 1 unspecified atom stereocenters. The molecule has 1 heterocycles. The van der Waals surface area contributed by atoms with Crippen molar-refractivity contribution in [1.82, 2.24) is 4.98 Å². The van der Waals surface area contributed by atoms with Crippen molar-refractivity contribution < 1.29 is 29.8 Å². The third-order valence-electron chi connectivity index (χ3n) is 2.62. The number of hydrogen-bond donors (Lipinski definition) is 3. The van der Waals surface area contributed by atoms with Gasteiger partial charge in [-0.2, -0.15) is 5.06 Å². The Morgan fingerprint density at radius 2 is 1.80 bits per heavy atom. The van der Waals surface area contributed by atoms with Crippen LogP contribution in [0.4, 0.5) is 5.69 Å². The second-order valence-electron chi connectivity index (χ2n) is 4.08. The second-order valence-corrected chi connectivity index (χ2v) is 4.08. The average molecular weight is 282 g/mol. The van der Waals surface area contributed by atoms with Gasteiger partial charge in [-0.1, -0.05) is 0 Å². The molecule has 0 fully saturated rings. The van der Waals surface area contributed by atoms with Crippen molar-refractivity contribution in [2.75, 3.05) is 5.06 Å². The summed E-state index contributed by atoms with van der Waals surface area (Å²) in [6.07, 6.45) is 1.71. The number of aliphatic carboxylic acids is 2. The van der Waals surface area contributed by atoms with Crippen LogP contribution in [0, 0.1) is 5.92 Å². The van der Waals surface area contributed by atoms with E-state index in [2.05, 4.69) is 4.98 Å². The van der Waals surface area contributed by atoms with E-state index in [1.165, 1.54) is 24.5 Å². The number of carbonyl (C=O) groups is 3. The summed E-state index contributed by atoms with van der Waals surface area (Å²) in [5.41, 5.74) is 0.160. The van der Waals surface area contributed by atoms with Crippen molar-refractivity contribution in [2.24, 2.45) is 5.92 Å². The minimum Gasteiger partial charge on any atom is -0.481 e. The zero-order chi connectivity index (χ0) is 15.1. The third kappa shape index (κ3) is 4.65. The Hall–Kier alpha value is -2.48. The molecule has 20 heavy (non-hydrogen) atoms. The Morgan fingerprint density at radius 3 is 2.30 bits per heavy atom. The van der Waals surface area contributed by atoms with Gasteiger partial charge >= 0.3 is 11.9 Å². The van der Waals surface area contributed by atoms with Crippen molar-refractivity contribution in [3.63, 3.8) is 0 Å². The van der Waals surface area contributed by atoms with Crippen LogP contribution in [0.5, 0.6) is 0 Å². The summed E-state index contributed by atoms with van der Waals surface area (Å²) in [7, 11) is 0. The average Bonchev–Trinajstić information content (AvgIpc) is 2.42. The Bertz CT molecular complexity index is 490. The van der Waals surface area contributed by atoms with E-state index in [9.17, 15) is 19.6 Å².